The second-order valence-corrected chi connectivity index (χ2v) is 6.34. The van der Waals surface area contributed by atoms with Crippen LogP contribution in [0, 0.1) is 0 Å². The Labute approximate surface area is 159 Å². The van der Waals surface area contributed by atoms with Gasteiger partial charge in [0.1, 0.15) is 24.4 Å². The van der Waals surface area contributed by atoms with E-state index in [9.17, 15) is 15.0 Å². The number of anilines is 1. The normalized spacial score (nSPS) is 21.8. The zero-order valence-electron chi connectivity index (χ0n) is 15.0. The summed E-state index contributed by atoms with van der Waals surface area (Å²) in [5, 5.41) is 21.9. The fourth-order valence-electron chi connectivity index (χ4n) is 3.13. The van der Waals surface area contributed by atoms with Crippen molar-refractivity contribution in [3.8, 4) is 5.75 Å². The zero-order chi connectivity index (χ0) is 19.7. The number of ether oxygens (including phenoxy) is 2. The van der Waals surface area contributed by atoms with Gasteiger partial charge in [-0.2, -0.15) is 0 Å². The van der Waals surface area contributed by atoms with Crippen LogP contribution >= 0.6 is 0 Å². The molecule has 10 nitrogen and oxygen atoms in total. The maximum Gasteiger partial charge on any atom is 0.256 e. The fraction of sp³-hybridized carbons (Fsp3) is 0.333. The summed E-state index contributed by atoms with van der Waals surface area (Å²) in [6.45, 7) is -0.275. The topological polar surface area (TPSA) is 132 Å². The summed E-state index contributed by atoms with van der Waals surface area (Å²) in [4.78, 5) is 25.1. The predicted molar refractivity (Wildman–Crippen MR) is 97.9 cm³/mol. The van der Waals surface area contributed by atoms with Gasteiger partial charge in [-0.25, -0.2) is 15.0 Å². The van der Waals surface area contributed by atoms with Crippen molar-refractivity contribution in [1.29, 1.82) is 0 Å². The van der Waals surface area contributed by atoms with E-state index in [1.165, 1.54) is 12.7 Å². The number of fused-ring (bicyclic) bond motifs is 1. The molecule has 3 aromatic rings. The van der Waals surface area contributed by atoms with Gasteiger partial charge < -0.3 is 25.0 Å². The van der Waals surface area contributed by atoms with Crippen LogP contribution in [-0.4, -0.2) is 61.6 Å². The largest absolute Gasteiger partial charge is 0.497 e. The minimum Gasteiger partial charge on any atom is -0.497 e. The van der Waals surface area contributed by atoms with Crippen LogP contribution < -0.4 is 10.1 Å². The van der Waals surface area contributed by atoms with E-state index in [1.807, 2.05) is 0 Å². The van der Waals surface area contributed by atoms with E-state index in [4.69, 9.17) is 9.47 Å². The maximum absolute atomic E-state index is 12.5. The second kappa shape index (κ2) is 7.50. The molecule has 1 aliphatic heterocycles. The van der Waals surface area contributed by atoms with Crippen LogP contribution in [0.1, 0.15) is 23.0 Å². The lowest BCUT2D eigenvalue weighted by Gasteiger charge is -2.13. The first-order chi connectivity index (χ1) is 13.6. The molecule has 0 saturated carbocycles. The summed E-state index contributed by atoms with van der Waals surface area (Å²) in [5.74, 6) is 0.576. The van der Waals surface area contributed by atoms with Gasteiger partial charge in [-0.05, 0) is 24.3 Å². The number of rotatable bonds is 5. The molecule has 1 fully saturated rings. The lowest BCUT2D eigenvalue weighted by Crippen LogP contribution is -2.24. The first kappa shape index (κ1) is 18.3. The molecule has 3 atom stereocenters. The SMILES string of the molecule is COc1ccc(C(=O)Nc2ncnc3c2ncn3[C@H]2C[C@H](O)[C@@H](CO)O2)cc1. The third-order valence-electron chi connectivity index (χ3n) is 4.64. The molecular weight excluding hydrogens is 366 g/mol. The van der Waals surface area contributed by atoms with Crippen LogP contribution in [0.15, 0.2) is 36.9 Å². The van der Waals surface area contributed by atoms with Crippen LogP contribution in [0.5, 0.6) is 5.75 Å². The fourth-order valence-corrected chi connectivity index (χ4v) is 3.13. The van der Waals surface area contributed by atoms with Crippen molar-refractivity contribution in [2.75, 3.05) is 19.0 Å². The van der Waals surface area contributed by atoms with Gasteiger partial charge in [-0.1, -0.05) is 0 Å². The number of hydrogen-bond acceptors (Lipinski definition) is 8. The average Bonchev–Trinajstić information content (AvgIpc) is 3.31. The molecule has 2 aromatic heterocycles. The molecule has 3 N–H and O–H groups in total. The molecule has 0 bridgehead atoms. The first-order valence-electron chi connectivity index (χ1n) is 8.68. The summed E-state index contributed by atoms with van der Waals surface area (Å²) in [6, 6.07) is 6.68. The summed E-state index contributed by atoms with van der Waals surface area (Å²) in [6.07, 6.45) is 1.19. The van der Waals surface area contributed by atoms with E-state index >= 15 is 0 Å². The van der Waals surface area contributed by atoms with Crippen molar-refractivity contribution >= 4 is 22.9 Å². The van der Waals surface area contributed by atoms with Crippen LogP contribution in [0.4, 0.5) is 5.82 Å². The Morgan fingerprint density at radius 1 is 1.32 bits per heavy atom. The molecule has 1 aromatic carbocycles. The molecule has 0 aliphatic carbocycles. The van der Waals surface area contributed by atoms with E-state index < -0.39 is 18.4 Å². The Morgan fingerprint density at radius 2 is 2.11 bits per heavy atom. The van der Waals surface area contributed by atoms with Crippen LogP contribution in [0.3, 0.4) is 0 Å². The van der Waals surface area contributed by atoms with Crippen LogP contribution in [0.25, 0.3) is 11.2 Å². The number of imidazole rings is 1. The lowest BCUT2D eigenvalue weighted by atomic mass is 10.2. The number of benzene rings is 1. The monoisotopic (exact) mass is 385 g/mol. The maximum atomic E-state index is 12.5. The van der Waals surface area contributed by atoms with E-state index in [-0.39, 0.29) is 18.3 Å². The third kappa shape index (κ3) is 3.28. The molecule has 1 amide bonds. The van der Waals surface area contributed by atoms with Gasteiger partial charge in [0.15, 0.2) is 17.0 Å². The van der Waals surface area contributed by atoms with E-state index in [0.29, 0.717) is 28.9 Å². The molecule has 3 heterocycles. The number of aliphatic hydroxyl groups is 2. The highest BCUT2D eigenvalue weighted by molar-refractivity contribution is 6.06. The standard InChI is InChI=1S/C18H19N5O5/c1-27-11-4-2-10(3-5-11)18(26)22-16-15-17(20-8-19-16)23(9-21-15)14-6-12(25)13(7-24)28-14/h2-5,8-9,12-14,24-25H,6-7H2,1H3,(H,19,20,22,26)/t12-,13+,14+/m0/s1. The average molecular weight is 385 g/mol. The highest BCUT2D eigenvalue weighted by atomic mass is 16.5. The van der Waals surface area contributed by atoms with E-state index in [1.54, 1.807) is 35.9 Å². The van der Waals surface area contributed by atoms with Gasteiger partial charge in [0, 0.05) is 12.0 Å². The van der Waals surface area contributed by atoms with Gasteiger partial charge in [0.2, 0.25) is 0 Å². The predicted octanol–water partition coefficient (Wildman–Crippen LogP) is 0.728. The van der Waals surface area contributed by atoms with Crippen molar-refractivity contribution in [2.45, 2.75) is 24.9 Å². The van der Waals surface area contributed by atoms with Gasteiger partial charge in [-0.15, -0.1) is 0 Å². The minimum absolute atomic E-state index is 0.266. The number of aromatic nitrogens is 4. The molecule has 146 valence electrons. The van der Waals surface area contributed by atoms with Gasteiger partial charge in [-0.3, -0.25) is 9.36 Å². The molecule has 4 rings (SSSR count). The van der Waals surface area contributed by atoms with Gasteiger partial charge in [0.25, 0.3) is 5.91 Å². The van der Waals surface area contributed by atoms with Gasteiger partial charge >= 0.3 is 0 Å². The summed E-state index contributed by atoms with van der Waals surface area (Å²) in [5.41, 5.74) is 1.30. The number of carbonyl (C=O) groups excluding carboxylic acids is 1. The van der Waals surface area contributed by atoms with Crippen molar-refractivity contribution in [3.63, 3.8) is 0 Å². The number of amides is 1. The second-order valence-electron chi connectivity index (χ2n) is 6.34. The smallest absolute Gasteiger partial charge is 0.256 e. The molecule has 10 heteroatoms. The third-order valence-corrected chi connectivity index (χ3v) is 4.64. The molecule has 0 spiro atoms. The van der Waals surface area contributed by atoms with Crippen molar-refractivity contribution < 1.29 is 24.5 Å². The molecule has 28 heavy (non-hydrogen) atoms. The Hall–Kier alpha value is -3.08. The van der Waals surface area contributed by atoms with Crippen LogP contribution in [-0.2, 0) is 4.74 Å². The van der Waals surface area contributed by atoms with Crippen LogP contribution in [0.2, 0.25) is 0 Å². The number of nitrogens with zero attached hydrogens (tertiary/aromatic N) is 4. The van der Waals surface area contributed by atoms with Crippen molar-refractivity contribution in [3.05, 3.63) is 42.5 Å². The Morgan fingerprint density at radius 3 is 2.79 bits per heavy atom. The minimum atomic E-state index is -0.775. The zero-order valence-corrected chi connectivity index (χ0v) is 15.0. The molecule has 1 saturated heterocycles. The molecule has 1 aliphatic rings. The quantitative estimate of drug-likeness (QED) is 0.586. The van der Waals surface area contributed by atoms with Crippen molar-refractivity contribution in [2.24, 2.45) is 0 Å². The Kier molecular flexibility index (Phi) is 4.90. The molecule has 0 unspecified atom stereocenters. The van der Waals surface area contributed by atoms with Crippen molar-refractivity contribution in [1.82, 2.24) is 19.5 Å². The summed E-state index contributed by atoms with van der Waals surface area (Å²) in [7, 11) is 1.55. The van der Waals surface area contributed by atoms with E-state index in [0.717, 1.165) is 0 Å². The number of hydrogen-bond donors (Lipinski definition) is 3. The number of nitrogens with one attached hydrogen (secondary N) is 1. The highest BCUT2D eigenvalue weighted by Gasteiger charge is 2.35. The van der Waals surface area contributed by atoms with E-state index in [2.05, 4.69) is 20.3 Å². The lowest BCUT2D eigenvalue weighted by molar-refractivity contribution is -0.0432. The Balaban J connectivity index is 1.59. The summed E-state index contributed by atoms with van der Waals surface area (Å²) < 4.78 is 12.4. The number of carbonyl (C=O) groups is 1. The van der Waals surface area contributed by atoms with Gasteiger partial charge in [0.05, 0.1) is 26.1 Å². The highest BCUT2D eigenvalue weighted by Crippen LogP contribution is 2.31. The first-order valence-corrected chi connectivity index (χ1v) is 8.68. The summed E-state index contributed by atoms with van der Waals surface area (Å²) >= 11 is 0. The molecule has 0 radical (unpaired) electrons. The number of methoxy groups -OCH3 is 1. The molecular formula is C18H19N5O5. The number of aliphatic hydroxyl groups excluding tert-OH is 2. The Bertz CT molecular complexity index is 990.